The molecular formula is C31H35ClN6O5. The number of anilines is 3. The number of carbonyl (C=O) groups excluding carboxylic acids is 1. The minimum absolute atomic E-state index is 0.289. The van der Waals surface area contributed by atoms with Crippen molar-refractivity contribution in [3.05, 3.63) is 60.4 Å². The Morgan fingerprint density at radius 1 is 1.28 bits per heavy atom. The molecule has 1 amide bonds. The van der Waals surface area contributed by atoms with E-state index in [0.717, 1.165) is 28.8 Å². The highest BCUT2D eigenvalue weighted by Gasteiger charge is 2.22. The van der Waals surface area contributed by atoms with E-state index in [1.807, 2.05) is 50.3 Å². The standard InChI is InChI=1S/C31H35ClN6O5/c1-6-28(39)34-24-13-23(26(40-5)14-27(24)43-19(16-37(3)4)18-41-7-2)35-31-33-15-22(32)29(36-31)21-17-38-11-12-42-25-10-8-9-20(21)30(25)38/h6,8-10,13-15,17,19H,1,7,11-12,16,18H2,2-5H3,(H,34,39)(H,33,35,36)/t19-/m1/s1. The summed E-state index contributed by atoms with van der Waals surface area (Å²) >= 11 is 6.64. The number of carbonyl (C=O) groups is 1. The summed E-state index contributed by atoms with van der Waals surface area (Å²) in [4.78, 5) is 23.6. The average molecular weight is 607 g/mol. The van der Waals surface area contributed by atoms with Gasteiger partial charge in [-0.2, -0.15) is 0 Å². The number of hydrogen-bond acceptors (Lipinski definition) is 9. The van der Waals surface area contributed by atoms with E-state index in [1.54, 1.807) is 25.4 Å². The lowest BCUT2D eigenvalue weighted by Gasteiger charge is -2.24. The molecule has 0 bridgehead atoms. The maximum atomic E-state index is 12.4. The molecule has 11 nitrogen and oxygen atoms in total. The van der Waals surface area contributed by atoms with Crippen molar-refractivity contribution in [2.75, 3.05) is 58.2 Å². The number of para-hydroxylation sites is 1. The van der Waals surface area contributed by atoms with Crippen molar-refractivity contribution >= 4 is 45.7 Å². The topological polar surface area (TPSA) is 112 Å². The van der Waals surface area contributed by atoms with Crippen molar-refractivity contribution in [3.63, 3.8) is 0 Å². The first kappa shape index (κ1) is 30.1. The van der Waals surface area contributed by atoms with Gasteiger partial charge in [-0.15, -0.1) is 0 Å². The lowest BCUT2D eigenvalue weighted by Crippen LogP contribution is -2.35. The van der Waals surface area contributed by atoms with Crippen LogP contribution in [0.4, 0.5) is 17.3 Å². The number of nitrogens with one attached hydrogen (secondary N) is 2. The molecule has 12 heteroatoms. The molecule has 2 aromatic carbocycles. The first-order valence-electron chi connectivity index (χ1n) is 13.9. The van der Waals surface area contributed by atoms with E-state index in [0.29, 0.717) is 60.0 Å². The van der Waals surface area contributed by atoms with E-state index >= 15 is 0 Å². The van der Waals surface area contributed by atoms with Gasteiger partial charge in [0.05, 0.1) is 54.1 Å². The molecule has 0 spiro atoms. The van der Waals surface area contributed by atoms with Crippen LogP contribution in [0.3, 0.4) is 0 Å². The molecule has 0 radical (unpaired) electrons. The smallest absolute Gasteiger partial charge is 0.247 e. The first-order valence-corrected chi connectivity index (χ1v) is 14.3. The van der Waals surface area contributed by atoms with Crippen molar-refractivity contribution < 1.29 is 23.7 Å². The van der Waals surface area contributed by atoms with Gasteiger partial charge < -0.3 is 39.0 Å². The van der Waals surface area contributed by atoms with Crippen LogP contribution in [0.5, 0.6) is 17.2 Å². The fourth-order valence-electron chi connectivity index (χ4n) is 4.96. The Morgan fingerprint density at radius 3 is 2.86 bits per heavy atom. The number of hydrogen-bond donors (Lipinski definition) is 2. The molecule has 0 saturated carbocycles. The van der Waals surface area contributed by atoms with Crippen LogP contribution in [0.1, 0.15) is 6.92 Å². The quantitative estimate of drug-likeness (QED) is 0.194. The van der Waals surface area contributed by atoms with Crippen LogP contribution in [0, 0.1) is 0 Å². The first-order chi connectivity index (χ1) is 20.8. The van der Waals surface area contributed by atoms with Crippen LogP contribution < -0.4 is 24.8 Å². The molecular weight excluding hydrogens is 572 g/mol. The number of aromatic nitrogens is 3. The van der Waals surface area contributed by atoms with Crippen LogP contribution in [0.15, 0.2) is 55.4 Å². The summed E-state index contributed by atoms with van der Waals surface area (Å²) in [6.45, 7) is 8.35. The molecule has 43 heavy (non-hydrogen) atoms. The Balaban J connectivity index is 1.51. The summed E-state index contributed by atoms with van der Waals surface area (Å²) in [5, 5.41) is 7.45. The molecule has 226 valence electrons. The summed E-state index contributed by atoms with van der Waals surface area (Å²) in [6.07, 6.45) is 4.48. The Morgan fingerprint density at radius 2 is 2.12 bits per heavy atom. The molecule has 5 rings (SSSR count). The molecule has 1 atom stereocenters. The minimum Gasteiger partial charge on any atom is -0.494 e. The number of likely N-dealkylation sites (N-methyl/N-ethyl adjacent to an activating group) is 1. The largest absolute Gasteiger partial charge is 0.494 e. The predicted molar refractivity (Wildman–Crippen MR) is 168 cm³/mol. The molecule has 0 unspecified atom stereocenters. The number of methoxy groups -OCH3 is 1. The third-order valence-corrected chi connectivity index (χ3v) is 7.09. The molecule has 2 aromatic heterocycles. The zero-order valence-corrected chi connectivity index (χ0v) is 25.4. The van der Waals surface area contributed by atoms with Gasteiger partial charge in [0, 0.05) is 36.4 Å². The maximum Gasteiger partial charge on any atom is 0.247 e. The Hall–Kier alpha value is -4.32. The molecule has 3 heterocycles. The number of benzene rings is 2. The summed E-state index contributed by atoms with van der Waals surface area (Å²) in [6, 6.07) is 9.35. The van der Waals surface area contributed by atoms with E-state index < -0.39 is 5.91 Å². The van der Waals surface area contributed by atoms with Crippen LogP contribution in [-0.4, -0.2) is 79.0 Å². The lowest BCUT2D eigenvalue weighted by atomic mass is 10.1. The number of amides is 1. The van der Waals surface area contributed by atoms with Gasteiger partial charge >= 0.3 is 0 Å². The highest BCUT2D eigenvalue weighted by Crippen LogP contribution is 2.41. The van der Waals surface area contributed by atoms with Crippen molar-refractivity contribution in [1.29, 1.82) is 0 Å². The van der Waals surface area contributed by atoms with Gasteiger partial charge in [-0.05, 0) is 39.2 Å². The second-order valence-electron chi connectivity index (χ2n) is 10.2. The van der Waals surface area contributed by atoms with Crippen molar-refractivity contribution in [3.8, 4) is 28.5 Å². The predicted octanol–water partition coefficient (Wildman–Crippen LogP) is 5.37. The Labute approximate surface area is 255 Å². The number of ether oxygens (including phenoxy) is 4. The Kier molecular flexibility index (Phi) is 9.34. The van der Waals surface area contributed by atoms with Crippen LogP contribution in [0.25, 0.3) is 22.2 Å². The van der Waals surface area contributed by atoms with E-state index in [2.05, 4.69) is 26.8 Å². The van der Waals surface area contributed by atoms with Crippen LogP contribution >= 0.6 is 11.6 Å². The zero-order valence-electron chi connectivity index (χ0n) is 24.6. The average Bonchev–Trinajstić information content (AvgIpc) is 3.37. The van der Waals surface area contributed by atoms with E-state index in [-0.39, 0.29) is 12.1 Å². The summed E-state index contributed by atoms with van der Waals surface area (Å²) in [5.41, 5.74) is 3.37. The van der Waals surface area contributed by atoms with Crippen molar-refractivity contribution in [2.45, 2.75) is 19.6 Å². The second kappa shape index (κ2) is 13.3. The fourth-order valence-corrected chi connectivity index (χ4v) is 5.16. The zero-order chi connectivity index (χ0) is 30.5. The fraction of sp³-hybridized carbons (Fsp3) is 0.323. The van der Waals surface area contributed by atoms with E-state index in [4.69, 9.17) is 35.5 Å². The number of nitrogens with zero attached hydrogens (tertiary/aromatic N) is 4. The maximum absolute atomic E-state index is 12.4. The lowest BCUT2D eigenvalue weighted by molar-refractivity contribution is -0.111. The number of rotatable bonds is 13. The van der Waals surface area contributed by atoms with Gasteiger partial charge in [0.15, 0.2) is 0 Å². The second-order valence-corrected chi connectivity index (χ2v) is 10.6. The van der Waals surface area contributed by atoms with E-state index in [9.17, 15) is 4.79 Å². The molecule has 0 aliphatic carbocycles. The molecule has 4 aromatic rings. The molecule has 1 aliphatic rings. The van der Waals surface area contributed by atoms with Gasteiger partial charge in [-0.1, -0.05) is 30.3 Å². The summed E-state index contributed by atoms with van der Waals surface area (Å²) in [5.74, 6) is 1.59. The van der Waals surface area contributed by atoms with Gasteiger partial charge in [0.2, 0.25) is 11.9 Å². The Bertz CT molecular complexity index is 1640. The summed E-state index contributed by atoms with van der Waals surface area (Å²) < 4.78 is 25.7. The summed E-state index contributed by atoms with van der Waals surface area (Å²) in [7, 11) is 5.46. The normalized spacial score (nSPS) is 13.0. The third-order valence-electron chi connectivity index (χ3n) is 6.81. The molecule has 1 aliphatic heterocycles. The van der Waals surface area contributed by atoms with Gasteiger partial charge in [0.1, 0.15) is 30.0 Å². The molecule has 2 N–H and O–H groups in total. The third kappa shape index (κ3) is 6.69. The number of halogens is 1. The molecule has 0 fully saturated rings. The van der Waals surface area contributed by atoms with Crippen LogP contribution in [0.2, 0.25) is 5.02 Å². The van der Waals surface area contributed by atoms with Crippen molar-refractivity contribution in [2.24, 2.45) is 0 Å². The van der Waals surface area contributed by atoms with Crippen molar-refractivity contribution in [1.82, 2.24) is 19.4 Å². The molecule has 0 saturated heterocycles. The highest BCUT2D eigenvalue weighted by molar-refractivity contribution is 6.33. The van der Waals surface area contributed by atoms with Gasteiger partial charge in [0.25, 0.3) is 0 Å². The van der Waals surface area contributed by atoms with Gasteiger partial charge in [-0.3, -0.25) is 4.79 Å². The minimum atomic E-state index is -0.392. The highest BCUT2D eigenvalue weighted by atomic mass is 35.5. The monoisotopic (exact) mass is 606 g/mol. The van der Waals surface area contributed by atoms with Gasteiger partial charge in [-0.25, -0.2) is 9.97 Å². The van der Waals surface area contributed by atoms with E-state index in [1.165, 1.54) is 6.08 Å². The van der Waals surface area contributed by atoms with Crippen LogP contribution in [-0.2, 0) is 16.1 Å². The SMILES string of the molecule is C=CC(=O)Nc1cc(Nc2ncc(Cl)c(-c3cn4c5c(cccc35)OCC4)n2)c(OC)cc1O[C@@H](COCC)CN(C)C.